The number of carbonyl (C=O) groups is 1. The molecular weight excluding hydrogens is 180 g/mol. The van der Waals surface area contributed by atoms with Gasteiger partial charge in [0.25, 0.3) is 0 Å². The van der Waals surface area contributed by atoms with Crippen LogP contribution in [-0.4, -0.2) is 53.2 Å². The van der Waals surface area contributed by atoms with Gasteiger partial charge in [-0.25, -0.2) is 4.79 Å². The Bertz CT molecular complexity index is 206. The molecule has 1 aliphatic heterocycles. The Hall–Kier alpha value is -0.770. The summed E-state index contributed by atoms with van der Waals surface area (Å²) in [6.07, 6.45) is -0.790. The molecule has 0 aromatic heterocycles. The monoisotopic (exact) mass is 200 g/mol. The van der Waals surface area contributed by atoms with Crippen molar-refractivity contribution in [2.45, 2.75) is 26.8 Å². The van der Waals surface area contributed by atoms with Crippen LogP contribution in [0.25, 0.3) is 0 Å². The first kappa shape index (κ1) is 11.3. The normalized spacial score (nSPS) is 24.3. The van der Waals surface area contributed by atoms with Gasteiger partial charge in [0.05, 0.1) is 0 Å². The van der Waals surface area contributed by atoms with Crippen LogP contribution in [0.5, 0.6) is 0 Å². The lowest BCUT2D eigenvalue weighted by Crippen LogP contribution is -2.54. The standard InChI is InChI=1S/C10H20N2O2/c1-8(2)6-11-4-5-12(10(13)14)9(3)7-11/h8-9H,4-7H2,1-3H3,(H,13,14). The Labute approximate surface area is 85.5 Å². The second-order valence-corrected chi connectivity index (χ2v) is 4.48. The third-order valence-corrected chi connectivity index (χ3v) is 2.58. The van der Waals surface area contributed by atoms with Crippen molar-refractivity contribution in [1.82, 2.24) is 9.80 Å². The Morgan fingerprint density at radius 2 is 2.14 bits per heavy atom. The summed E-state index contributed by atoms with van der Waals surface area (Å²) >= 11 is 0. The van der Waals surface area contributed by atoms with Gasteiger partial charge in [-0.2, -0.15) is 0 Å². The predicted octanol–water partition coefficient (Wildman–Crippen LogP) is 1.33. The maximum atomic E-state index is 10.8. The van der Waals surface area contributed by atoms with Gasteiger partial charge in [-0.05, 0) is 12.8 Å². The molecule has 1 fully saturated rings. The van der Waals surface area contributed by atoms with Gasteiger partial charge in [0.2, 0.25) is 0 Å². The Kier molecular flexibility index (Phi) is 3.75. The molecule has 1 rings (SSSR count). The van der Waals surface area contributed by atoms with Crippen LogP contribution in [0, 0.1) is 5.92 Å². The van der Waals surface area contributed by atoms with Gasteiger partial charge in [-0.1, -0.05) is 13.8 Å². The molecule has 14 heavy (non-hydrogen) atoms. The zero-order valence-electron chi connectivity index (χ0n) is 9.23. The molecule has 82 valence electrons. The van der Waals surface area contributed by atoms with Crippen LogP contribution in [-0.2, 0) is 0 Å². The Morgan fingerprint density at radius 1 is 1.50 bits per heavy atom. The van der Waals surface area contributed by atoms with Crippen molar-refractivity contribution in [3.8, 4) is 0 Å². The van der Waals surface area contributed by atoms with Crippen LogP contribution in [0.4, 0.5) is 4.79 Å². The molecule has 0 spiro atoms. The highest BCUT2D eigenvalue weighted by Crippen LogP contribution is 2.11. The highest BCUT2D eigenvalue weighted by molar-refractivity contribution is 5.65. The van der Waals surface area contributed by atoms with Crippen LogP contribution < -0.4 is 0 Å². The van der Waals surface area contributed by atoms with E-state index in [2.05, 4.69) is 18.7 Å². The van der Waals surface area contributed by atoms with Crippen LogP contribution in [0.2, 0.25) is 0 Å². The average Bonchev–Trinajstić information content (AvgIpc) is 2.01. The van der Waals surface area contributed by atoms with E-state index < -0.39 is 6.09 Å². The summed E-state index contributed by atoms with van der Waals surface area (Å²) in [5, 5.41) is 8.88. The van der Waals surface area contributed by atoms with E-state index in [9.17, 15) is 4.79 Å². The first-order chi connectivity index (χ1) is 6.50. The number of hydrogen-bond donors (Lipinski definition) is 1. The van der Waals surface area contributed by atoms with E-state index in [1.54, 1.807) is 0 Å². The molecule has 1 N–H and O–H groups in total. The molecule has 0 aliphatic carbocycles. The summed E-state index contributed by atoms with van der Waals surface area (Å²) in [6.45, 7) is 9.80. The van der Waals surface area contributed by atoms with E-state index in [0.29, 0.717) is 12.5 Å². The summed E-state index contributed by atoms with van der Waals surface area (Å²) in [6, 6.07) is 0.125. The lowest BCUT2D eigenvalue weighted by molar-refractivity contribution is 0.0694. The molecule has 0 bridgehead atoms. The molecular formula is C10H20N2O2. The molecule has 1 aliphatic rings. The first-order valence-electron chi connectivity index (χ1n) is 5.22. The minimum atomic E-state index is -0.790. The molecule has 1 atom stereocenters. The van der Waals surface area contributed by atoms with Gasteiger partial charge in [0.15, 0.2) is 0 Å². The Balaban J connectivity index is 2.42. The van der Waals surface area contributed by atoms with E-state index in [1.807, 2.05) is 6.92 Å². The minimum Gasteiger partial charge on any atom is -0.465 e. The third kappa shape index (κ3) is 2.87. The van der Waals surface area contributed by atoms with Crippen LogP contribution in [0.1, 0.15) is 20.8 Å². The average molecular weight is 200 g/mol. The molecule has 0 radical (unpaired) electrons. The zero-order valence-corrected chi connectivity index (χ0v) is 9.23. The van der Waals surface area contributed by atoms with Crippen LogP contribution >= 0.6 is 0 Å². The van der Waals surface area contributed by atoms with Crippen molar-refractivity contribution in [3.63, 3.8) is 0 Å². The quantitative estimate of drug-likeness (QED) is 0.731. The lowest BCUT2D eigenvalue weighted by Gasteiger charge is -2.38. The molecule has 0 aromatic rings. The van der Waals surface area contributed by atoms with Crippen molar-refractivity contribution >= 4 is 6.09 Å². The number of rotatable bonds is 2. The number of piperazine rings is 1. The van der Waals surface area contributed by atoms with E-state index >= 15 is 0 Å². The molecule has 1 unspecified atom stereocenters. The van der Waals surface area contributed by atoms with E-state index in [-0.39, 0.29) is 6.04 Å². The summed E-state index contributed by atoms with van der Waals surface area (Å²) < 4.78 is 0. The topological polar surface area (TPSA) is 43.8 Å². The van der Waals surface area contributed by atoms with Crippen molar-refractivity contribution < 1.29 is 9.90 Å². The predicted molar refractivity (Wildman–Crippen MR) is 55.5 cm³/mol. The zero-order chi connectivity index (χ0) is 10.7. The summed E-state index contributed by atoms with van der Waals surface area (Å²) in [7, 11) is 0. The third-order valence-electron chi connectivity index (χ3n) is 2.58. The van der Waals surface area contributed by atoms with Gasteiger partial charge in [0, 0.05) is 32.2 Å². The molecule has 1 amide bonds. The smallest absolute Gasteiger partial charge is 0.407 e. The fourth-order valence-electron chi connectivity index (χ4n) is 2.00. The summed E-state index contributed by atoms with van der Waals surface area (Å²) in [5.74, 6) is 0.651. The van der Waals surface area contributed by atoms with Gasteiger partial charge in [-0.15, -0.1) is 0 Å². The van der Waals surface area contributed by atoms with Gasteiger partial charge in [0.1, 0.15) is 0 Å². The molecule has 0 saturated carbocycles. The highest BCUT2D eigenvalue weighted by atomic mass is 16.4. The largest absolute Gasteiger partial charge is 0.465 e. The molecule has 0 aromatic carbocycles. The second kappa shape index (κ2) is 4.64. The minimum absolute atomic E-state index is 0.125. The molecule has 4 nitrogen and oxygen atoms in total. The van der Waals surface area contributed by atoms with E-state index in [0.717, 1.165) is 19.6 Å². The van der Waals surface area contributed by atoms with Gasteiger partial charge >= 0.3 is 6.09 Å². The van der Waals surface area contributed by atoms with Crippen molar-refractivity contribution in [1.29, 1.82) is 0 Å². The first-order valence-corrected chi connectivity index (χ1v) is 5.22. The molecule has 1 heterocycles. The van der Waals surface area contributed by atoms with E-state index in [1.165, 1.54) is 4.90 Å². The Morgan fingerprint density at radius 3 is 2.57 bits per heavy atom. The summed E-state index contributed by atoms with van der Waals surface area (Å²) in [4.78, 5) is 14.7. The number of amides is 1. The lowest BCUT2D eigenvalue weighted by atomic mass is 10.1. The fraction of sp³-hybridized carbons (Fsp3) is 0.900. The fourth-order valence-corrected chi connectivity index (χ4v) is 2.00. The SMILES string of the molecule is CC(C)CN1CCN(C(=O)O)C(C)C1. The van der Waals surface area contributed by atoms with Crippen LogP contribution in [0.15, 0.2) is 0 Å². The second-order valence-electron chi connectivity index (χ2n) is 4.48. The maximum Gasteiger partial charge on any atom is 0.407 e. The maximum absolute atomic E-state index is 10.8. The van der Waals surface area contributed by atoms with Crippen LogP contribution in [0.3, 0.4) is 0 Å². The summed E-state index contributed by atoms with van der Waals surface area (Å²) in [5.41, 5.74) is 0. The highest BCUT2D eigenvalue weighted by Gasteiger charge is 2.26. The number of carboxylic acid groups (broad SMARTS) is 1. The van der Waals surface area contributed by atoms with Gasteiger partial charge < -0.3 is 10.0 Å². The number of hydrogen-bond acceptors (Lipinski definition) is 2. The van der Waals surface area contributed by atoms with Crippen molar-refractivity contribution in [3.05, 3.63) is 0 Å². The van der Waals surface area contributed by atoms with Gasteiger partial charge in [-0.3, -0.25) is 4.90 Å². The number of nitrogens with zero attached hydrogens (tertiary/aromatic N) is 2. The van der Waals surface area contributed by atoms with E-state index in [4.69, 9.17) is 5.11 Å². The molecule has 1 saturated heterocycles. The van der Waals surface area contributed by atoms with Crippen molar-refractivity contribution in [2.24, 2.45) is 5.92 Å². The van der Waals surface area contributed by atoms with Crippen molar-refractivity contribution in [2.75, 3.05) is 26.2 Å². The molecule has 4 heteroatoms.